The summed E-state index contributed by atoms with van der Waals surface area (Å²) < 4.78 is 10.7. The minimum Gasteiger partial charge on any atom is -0.462 e. The van der Waals surface area contributed by atoms with Gasteiger partial charge in [0.2, 0.25) is 0 Å². The zero-order chi connectivity index (χ0) is 56.2. The zero-order valence-electron chi connectivity index (χ0n) is 51.1. The minimum atomic E-state index is -0.784. The number of carbonyl (C=O) groups is 2. The third-order valence-electron chi connectivity index (χ3n) is 14.3. The SMILES string of the molecule is CC/C=C\C/C=C\C/C=C\C/C=C\C/C=C\C/C=C\CCCCCCCCCCC(=O)OC(CO)COC(=O)CCCCCCCCCCCCCCCCCCCCCCCCCC/C=C\C/C=C\C/C=C\C/C=C\CC. The summed E-state index contributed by atoms with van der Waals surface area (Å²) in [6.45, 7) is 3.93. The van der Waals surface area contributed by atoms with Gasteiger partial charge in [-0.05, 0) is 103 Å². The van der Waals surface area contributed by atoms with Gasteiger partial charge in [0, 0.05) is 12.8 Å². The fourth-order valence-electron chi connectivity index (χ4n) is 9.38. The van der Waals surface area contributed by atoms with Crippen LogP contribution in [-0.4, -0.2) is 36.4 Å². The maximum Gasteiger partial charge on any atom is 0.306 e. The van der Waals surface area contributed by atoms with E-state index in [2.05, 4.69) is 135 Å². The highest BCUT2D eigenvalue weighted by molar-refractivity contribution is 5.70. The molecule has 0 bridgehead atoms. The molecule has 0 saturated carbocycles. The number of hydrogen-bond acceptors (Lipinski definition) is 5. The van der Waals surface area contributed by atoms with Gasteiger partial charge in [0.15, 0.2) is 6.10 Å². The van der Waals surface area contributed by atoms with Gasteiger partial charge in [0.25, 0.3) is 0 Å². The van der Waals surface area contributed by atoms with Gasteiger partial charge >= 0.3 is 11.9 Å². The Morgan fingerprint density at radius 2 is 0.513 bits per heavy atom. The molecular weight excluding hydrogens is 957 g/mol. The molecule has 0 fully saturated rings. The Labute approximate surface area is 483 Å². The van der Waals surface area contributed by atoms with Gasteiger partial charge in [-0.1, -0.05) is 315 Å². The van der Waals surface area contributed by atoms with Crippen molar-refractivity contribution < 1.29 is 24.2 Å². The van der Waals surface area contributed by atoms with Crippen LogP contribution in [0.15, 0.2) is 122 Å². The second-order valence-corrected chi connectivity index (χ2v) is 21.8. The third kappa shape index (κ3) is 64.8. The Hall–Kier alpha value is -3.70. The van der Waals surface area contributed by atoms with E-state index in [1.54, 1.807) is 0 Å². The molecule has 5 heteroatoms. The highest BCUT2D eigenvalue weighted by atomic mass is 16.6. The van der Waals surface area contributed by atoms with E-state index in [9.17, 15) is 14.7 Å². The first-order valence-electron chi connectivity index (χ1n) is 33.1. The van der Waals surface area contributed by atoms with Crippen molar-refractivity contribution in [3.8, 4) is 0 Å². The second-order valence-electron chi connectivity index (χ2n) is 21.8. The summed E-state index contributed by atoms with van der Waals surface area (Å²) in [4.78, 5) is 24.6. The summed E-state index contributed by atoms with van der Waals surface area (Å²) in [5.41, 5.74) is 0. The molecular formula is C73H124O5. The van der Waals surface area contributed by atoms with E-state index in [4.69, 9.17) is 9.47 Å². The lowest BCUT2D eigenvalue weighted by molar-refractivity contribution is -0.161. The van der Waals surface area contributed by atoms with Crippen LogP contribution in [0.3, 0.4) is 0 Å². The van der Waals surface area contributed by atoms with E-state index in [-0.39, 0.29) is 25.2 Å². The maximum atomic E-state index is 12.3. The molecule has 446 valence electrons. The molecule has 5 nitrogen and oxygen atoms in total. The quantitative estimate of drug-likeness (QED) is 0.0373. The lowest BCUT2D eigenvalue weighted by Gasteiger charge is -2.15. The summed E-state index contributed by atoms with van der Waals surface area (Å²) in [5.74, 6) is -0.594. The van der Waals surface area contributed by atoms with E-state index < -0.39 is 6.10 Å². The fraction of sp³-hybridized carbons (Fsp3) is 0.699. The van der Waals surface area contributed by atoms with Crippen molar-refractivity contribution in [2.45, 2.75) is 315 Å². The Morgan fingerprint density at radius 1 is 0.295 bits per heavy atom. The molecule has 0 aliphatic rings. The summed E-state index contributed by atoms with van der Waals surface area (Å²) in [6.07, 6.45) is 99.3. The number of esters is 2. The third-order valence-corrected chi connectivity index (χ3v) is 14.3. The second kappa shape index (κ2) is 67.6. The molecule has 0 spiro atoms. The van der Waals surface area contributed by atoms with E-state index in [0.29, 0.717) is 12.8 Å². The molecule has 0 aliphatic carbocycles. The number of aliphatic hydroxyl groups excluding tert-OH is 1. The van der Waals surface area contributed by atoms with E-state index in [1.807, 2.05) is 0 Å². The molecule has 0 aromatic rings. The number of unbranched alkanes of at least 4 members (excludes halogenated alkanes) is 32. The van der Waals surface area contributed by atoms with Crippen molar-refractivity contribution in [3.63, 3.8) is 0 Å². The van der Waals surface area contributed by atoms with Gasteiger partial charge in [-0.25, -0.2) is 0 Å². The average Bonchev–Trinajstić information content (AvgIpc) is 3.44. The molecule has 0 radical (unpaired) electrons. The Morgan fingerprint density at radius 3 is 0.769 bits per heavy atom. The van der Waals surface area contributed by atoms with Crippen LogP contribution >= 0.6 is 0 Å². The monoisotopic (exact) mass is 1080 g/mol. The normalized spacial score (nSPS) is 13.0. The Kier molecular flexibility index (Phi) is 64.4. The van der Waals surface area contributed by atoms with E-state index in [0.717, 1.165) is 109 Å². The molecule has 0 heterocycles. The summed E-state index contributed by atoms with van der Waals surface area (Å²) >= 11 is 0. The number of allylic oxidation sites excluding steroid dienone is 20. The van der Waals surface area contributed by atoms with E-state index >= 15 is 0 Å². The maximum absolute atomic E-state index is 12.3. The van der Waals surface area contributed by atoms with Crippen LogP contribution in [-0.2, 0) is 19.1 Å². The molecule has 0 amide bonds. The van der Waals surface area contributed by atoms with Gasteiger partial charge in [0.05, 0.1) is 6.61 Å². The topological polar surface area (TPSA) is 72.8 Å². The first kappa shape index (κ1) is 74.3. The van der Waals surface area contributed by atoms with Crippen LogP contribution in [0.2, 0.25) is 0 Å². The van der Waals surface area contributed by atoms with Crippen molar-refractivity contribution in [2.24, 2.45) is 0 Å². The summed E-state index contributed by atoms with van der Waals surface area (Å²) in [6, 6.07) is 0. The van der Waals surface area contributed by atoms with Crippen molar-refractivity contribution in [1.29, 1.82) is 0 Å². The molecule has 1 N–H and O–H groups in total. The van der Waals surface area contributed by atoms with Crippen LogP contribution in [0, 0.1) is 0 Å². The fourth-order valence-corrected chi connectivity index (χ4v) is 9.38. The number of carbonyl (C=O) groups excluding carboxylic acids is 2. The molecule has 0 aromatic carbocycles. The molecule has 0 rings (SSSR count). The van der Waals surface area contributed by atoms with Crippen molar-refractivity contribution >= 4 is 11.9 Å². The Balaban J connectivity index is 3.46. The van der Waals surface area contributed by atoms with Crippen molar-refractivity contribution in [1.82, 2.24) is 0 Å². The molecule has 78 heavy (non-hydrogen) atoms. The number of ether oxygens (including phenoxy) is 2. The van der Waals surface area contributed by atoms with Crippen molar-refractivity contribution in [2.75, 3.05) is 13.2 Å². The molecule has 0 aliphatic heterocycles. The average molecular weight is 1080 g/mol. The molecule has 1 atom stereocenters. The predicted octanol–water partition coefficient (Wildman–Crippen LogP) is 23.0. The molecule has 1 unspecified atom stereocenters. The van der Waals surface area contributed by atoms with Crippen molar-refractivity contribution in [3.05, 3.63) is 122 Å². The summed E-state index contributed by atoms with van der Waals surface area (Å²) in [5, 5.41) is 9.69. The smallest absolute Gasteiger partial charge is 0.306 e. The lowest BCUT2D eigenvalue weighted by Crippen LogP contribution is -2.28. The van der Waals surface area contributed by atoms with Crippen LogP contribution in [0.5, 0.6) is 0 Å². The minimum absolute atomic E-state index is 0.0719. The van der Waals surface area contributed by atoms with Gasteiger partial charge < -0.3 is 14.6 Å². The largest absolute Gasteiger partial charge is 0.462 e. The number of rotatable bonds is 60. The zero-order valence-corrected chi connectivity index (χ0v) is 51.1. The first-order valence-corrected chi connectivity index (χ1v) is 33.1. The first-order chi connectivity index (χ1) is 38.6. The lowest BCUT2D eigenvalue weighted by atomic mass is 10.0. The van der Waals surface area contributed by atoms with Crippen LogP contribution in [0.4, 0.5) is 0 Å². The van der Waals surface area contributed by atoms with Gasteiger partial charge in [-0.3, -0.25) is 9.59 Å². The van der Waals surface area contributed by atoms with Gasteiger partial charge in [-0.15, -0.1) is 0 Å². The number of aliphatic hydroxyl groups is 1. The van der Waals surface area contributed by atoms with Crippen LogP contribution < -0.4 is 0 Å². The van der Waals surface area contributed by atoms with Crippen LogP contribution in [0.1, 0.15) is 309 Å². The highest BCUT2D eigenvalue weighted by Gasteiger charge is 2.16. The van der Waals surface area contributed by atoms with Gasteiger partial charge in [0.1, 0.15) is 6.61 Å². The number of hydrogen-bond donors (Lipinski definition) is 1. The molecule has 0 saturated heterocycles. The highest BCUT2D eigenvalue weighted by Crippen LogP contribution is 2.17. The molecule has 0 aromatic heterocycles. The van der Waals surface area contributed by atoms with Gasteiger partial charge in [-0.2, -0.15) is 0 Å². The van der Waals surface area contributed by atoms with Crippen LogP contribution in [0.25, 0.3) is 0 Å². The standard InChI is InChI=1S/C73H124O5/c1-3-5-7-9-11-13-15-17-19-21-23-25-27-29-31-32-33-34-35-36-37-38-39-40-42-43-45-47-49-51-53-55-57-59-61-63-65-67-72(75)77-70-71(69-74)78-73(76)68-66-64-62-60-58-56-54-52-50-48-46-44-41-30-28-26-24-22-20-18-16-14-12-10-8-6-4-2/h5-8,11-14,17-20,23-26,30,41,46,48,71,74H,3-4,9-10,15-16,21-22,27-29,31-40,42-45,47,49-70H2,1-2H3/b7-5-,8-6-,13-11-,14-12-,19-17-,20-18-,25-23-,26-24-,41-30-,48-46-. The predicted molar refractivity (Wildman–Crippen MR) is 343 cm³/mol. The Bertz CT molecular complexity index is 1550. The van der Waals surface area contributed by atoms with E-state index in [1.165, 1.54) is 173 Å². The summed E-state index contributed by atoms with van der Waals surface area (Å²) in [7, 11) is 0.